The minimum atomic E-state index is -1.12. The predicted octanol–water partition coefficient (Wildman–Crippen LogP) is 0.984. The number of benzene rings is 3. The maximum atomic E-state index is 14.1. The molecule has 5 atom stereocenters. The molecule has 2 heterocycles. The molecule has 2 aliphatic heterocycles. The molecule has 1 saturated carbocycles. The van der Waals surface area contributed by atoms with Crippen LogP contribution in [0.25, 0.3) is 10.8 Å². The van der Waals surface area contributed by atoms with E-state index in [1.165, 1.54) is 0 Å². The number of amides is 4. The Balaban J connectivity index is 1.03. The molecule has 0 radical (unpaired) electrons. The van der Waals surface area contributed by atoms with Crippen LogP contribution in [0, 0.1) is 11.3 Å². The van der Waals surface area contributed by atoms with Crippen LogP contribution in [-0.2, 0) is 70.2 Å². The van der Waals surface area contributed by atoms with Crippen molar-refractivity contribution in [1.82, 2.24) is 45.8 Å². The molecule has 3 fully saturated rings. The molecule has 2 unspecified atom stereocenters. The van der Waals surface area contributed by atoms with E-state index < -0.39 is 54.4 Å². The highest BCUT2D eigenvalue weighted by Gasteiger charge is 2.59. The lowest BCUT2D eigenvalue weighted by Gasteiger charge is -2.37. The van der Waals surface area contributed by atoms with E-state index >= 15 is 0 Å². The zero-order chi connectivity index (χ0) is 61.3. The summed E-state index contributed by atoms with van der Waals surface area (Å²) in [7, 11) is 0. The normalized spacial score (nSPS) is 18.8. The molecule has 4 amide bonds. The van der Waals surface area contributed by atoms with Gasteiger partial charge >= 0.3 is 29.9 Å². The minimum Gasteiger partial charge on any atom is -0.480 e. The number of aliphatic carboxylic acids is 4. The molecule has 28 heteroatoms. The number of rotatable bonds is 31. The van der Waals surface area contributed by atoms with Gasteiger partial charge in [-0.05, 0) is 90.2 Å². The van der Waals surface area contributed by atoms with Crippen molar-refractivity contribution in [2.75, 3.05) is 104 Å². The summed E-state index contributed by atoms with van der Waals surface area (Å²) in [6.07, 6.45) is 1.32. The Morgan fingerprint density at radius 1 is 0.647 bits per heavy atom. The highest BCUT2D eigenvalue weighted by Crippen LogP contribution is 2.59. The summed E-state index contributed by atoms with van der Waals surface area (Å²) in [6.45, 7) is 1.54. The van der Waals surface area contributed by atoms with Gasteiger partial charge in [-0.2, -0.15) is 0 Å². The molecule has 9 N–H and O–H groups in total. The first kappa shape index (κ1) is 66.1. The average molecular weight is 1210 g/mol. The van der Waals surface area contributed by atoms with Crippen LogP contribution in [0.5, 0.6) is 0 Å². The number of fused-ring (bicyclic) bond motifs is 1. The molecule has 0 aromatic heterocycles. The molecule has 0 bridgehead atoms. The Labute approximate surface area is 496 Å². The Kier molecular flexibility index (Phi) is 26.0. The molecule has 2 saturated heterocycles. The van der Waals surface area contributed by atoms with Gasteiger partial charge in [0.15, 0.2) is 17.6 Å². The van der Waals surface area contributed by atoms with Crippen molar-refractivity contribution in [2.45, 2.75) is 82.3 Å². The second-order valence-corrected chi connectivity index (χ2v) is 21.9. The van der Waals surface area contributed by atoms with Crippen molar-refractivity contribution in [3.05, 3.63) is 77.9 Å². The van der Waals surface area contributed by atoms with Gasteiger partial charge in [0.25, 0.3) is 19.4 Å². The second-order valence-electron chi connectivity index (χ2n) is 21.5. The number of urea groups is 1. The number of carboxylic acid groups (broad SMARTS) is 4. The van der Waals surface area contributed by atoms with E-state index in [0.29, 0.717) is 62.4 Å². The van der Waals surface area contributed by atoms with E-state index in [4.69, 9.17) is 21.7 Å². The zero-order valence-corrected chi connectivity index (χ0v) is 48.0. The van der Waals surface area contributed by atoms with Crippen LogP contribution in [-0.4, -0.2) is 234 Å². The number of hydrogen-bond acceptors (Lipinski definition) is 18. The van der Waals surface area contributed by atoms with Crippen molar-refractivity contribution in [1.29, 1.82) is 0 Å². The van der Waals surface area contributed by atoms with E-state index in [1.54, 1.807) is 19.6 Å². The summed E-state index contributed by atoms with van der Waals surface area (Å²) in [5.41, 5.74) is 2.09. The maximum Gasteiger partial charge on any atom is 0.320 e. The van der Waals surface area contributed by atoms with Gasteiger partial charge in [-0.3, -0.25) is 62.8 Å². The first-order chi connectivity index (χ1) is 40.8. The quantitative estimate of drug-likeness (QED) is 0.0143. The number of piperidine rings is 1. The van der Waals surface area contributed by atoms with E-state index in [9.17, 15) is 68.4 Å². The van der Waals surface area contributed by atoms with Crippen LogP contribution in [0.2, 0.25) is 0 Å². The second kappa shape index (κ2) is 33.4. The molecule has 3 aliphatic rings. The fraction of sp³-hybridized carbons (Fsp3) is 0.526. The Morgan fingerprint density at radius 3 is 1.84 bits per heavy atom. The van der Waals surface area contributed by atoms with Gasteiger partial charge in [-0.15, -0.1) is 0 Å². The molecule has 6 rings (SSSR count). The zero-order valence-electron chi connectivity index (χ0n) is 47.2. The smallest absolute Gasteiger partial charge is 0.320 e. The molecule has 3 aromatic rings. The van der Waals surface area contributed by atoms with Crippen molar-refractivity contribution in [3.8, 4) is 0 Å². The van der Waals surface area contributed by atoms with Gasteiger partial charge in [-0.25, -0.2) is 4.79 Å². The number of likely N-dealkylation sites (tertiary alicyclic amines) is 1. The number of unbranched alkanes of at least 4 members (excludes halogenated alkanes) is 1. The van der Waals surface area contributed by atoms with E-state index in [-0.39, 0.29) is 147 Å². The largest absolute Gasteiger partial charge is 0.480 e. The lowest BCUT2D eigenvalue weighted by Crippen LogP contribution is -2.53. The third-order valence-electron chi connectivity index (χ3n) is 15.5. The highest BCUT2D eigenvalue weighted by atomic mass is 32.1. The molecule has 1 spiro atoms. The van der Waals surface area contributed by atoms with Gasteiger partial charge in [-0.1, -0.05) is 54.6 Å². The number of thiocarbonyl (C=S) groups is 1. The van der Waals surface area contributed by atoms with Crippen LogP contribution in [0.4, 0.5) is 10.5 Å². The molecule has 1 aliphatic carbocycles. The van der Waals surface area contributed by atoms with Crippen LogP contribution >= 0.6 is 12.2 Å². The summed E-state index contributed by atoms with van der Waals surface area (Å²) >= 11 is 5.88. The maximum absolute atomic E-state index is 14.1. The van der Waals surface area contributed by atoms with Crippen molar-refractivity contribution in [2.24, 2.45) is 11.3 Å². The molecular weight excluding hydrogens is 1130 g/mol. The SMILES string of the molecule is O=COCC[C@H](NC(=O)N[C@@H](CCCCNC(=O)[C@H](Cc1ccc2ccccc2c1)NC(=O)C1CC12CCN(C(=S)Nc1ccc(CC3CN(CC(=O)O)CCN(CC(=O)O)CCN(CC(=O)O)CCN3CC(=O)O)cc1)CC2)OC=O)OC=O. The molecule has 3 aromatic carbocycles. The first-order valence-corrected chi connectivity index (χ1v) is 28.6. The Morgan fingerprint density at radius 2 is 1.22 bits per heavy atom. The number of hydrogen-bond donors (Lipinski definition) is 9. The molecule has 27 nitrogen and oxygen atoms in total. The van der Waals surface area contributed by atoms with Gasteiger partial charge in [0.1, 0.15) is 6.04 Å². The number of nitrogens with zero attached hydrogens (tertiary/aromatic N) is 5. The number of carboxylic acids is 4. The monoisotopic (exact) mass is 1200 g/mol. The third-order valence-corrected chi connectivity index (χ3v) is 15.8. The molecule has 85 heavy (non-hydrogen) atoms. The number of nitrogens with one attached hydrogen (secondary N) is 5. The summed E-state index contributed by atoms with van der Waals surface area (Å²) in [6, 6.07) is 18.9. The molecule has 462 valence electrons. The number of anilines is 1. The summed E-state index contributed by atoms with van der Waals surface area (Å²) < 4.78 is 14.4. The van der Waals surface area contributed by atoms with Gasteiger partial charge in [0.2, 0.25) is 11.8 Å². The Bertz CT molecular complexity index is 2790. The summed E-state index contributed by atoms with van der Waals surface area (Å²) in [4.78, 5) is 130. The van der Waals surface area contributed by atoms with Crippen LogP contribution in [0.1, 0.15) is 56.1 Å². The third kappa shape index (κ3) is 22.1. The lowest BCUT2D eigenvalue weighted by molar-refractivity contribution is -0.142. The molecular formula is C57H76N10O17S. The van der Waals surface area contributed by atoms with Crippen molar-refractivity contribution < 1.29 is 82.6 Å². The van der Waals surface area contributed by atoms with E-state index in [2.05, 4.69) is 31.3 Å². The fourth-order valence-electron chi connectivity index (χ4n) is 10.9. The van der Waals surface area contributed by atoms with Gasteiger partial charge in [0.05, 0.1) is 32.8 Å². The van der Waals surface area contributed by atoms with Crippen LogP contribution < -0.4 is 26.6 Å². The standard InChI is InChI=1S/C57H76N10O17S/c68-36-82-26-14-48(84-38-70)62-55(81)61-47(83-37-69)7-3-4-17-58-54(80)46(29-40-8-11-41-5-1-2-6-42(41)27-40)60-53(79)45-30-57(45)15-18-66(19-16-57)56(85)59-43-12-9-39(10-13-43)28-44-31-65(34-51(75)76)23-22-63(32-49(71)72)20-21-64(33-50(73)74)24-25-67(44)35-52(77)78/h1-2,5-6,8-13,27,36-38,44-48H,3-4,7,14-26,28-35H2,(H,58,80)(H,59,85)(H,60,79)(H,71,72)(H,73,74)(H,75,76)(H,77,78)(H2,61,62,81)/t44?,45?,46-,47+,48+/m0/s1. The van der Waals surface area contributed by atoms with Crippen LogP contribution in [0.3, 0.4) is 0 Å². The van der Waals surface area contributed by atoms with Crippen molar-refractivity contribution in [3.63, 3.8) is 0 Å². The van der Waals surface area contributed by atoms with Gasteiger partial charge in [0, 0.05) is 102 Å². The fourth-order valence-corrected chi connectivity index (χ4v) is 11.2. The van der Waals surface area contributed by atoms with Gasteiger partial charge < -0.3 is 66.1 Å². The topological polar surface area (TPSA) is 356 Å². The van der Waals surface area contributed by atoms with E-state index in [0.717, 1.165) is 21.9 Å². The number of carbonyl (C=O) groups is 10. The van der Waals surface area contributed by atoms with Crippen LogP contribution in [0.15, 0.2) is 66.7 Å². The number of ether oxygens (including phenoxy) is 3. The number of carbonyl (C=O) groups excluding carboxylic acids is 6. The summed E-state index contributed by atoms with van der Waals surface area (Å²) in [5.74, 6) is -5.30. The highest BCUT2D eigenvalue weighted by molar-refractivity contribution is 7.80. The minimum absolute atomic E-state index is 0.0279. The average Bonchev–Trinajstić information content (AvgIpc) is 1.98. The van der Waals surface area contributed by atoms with E-state index in [1.807, 2.05) is 71.6 Å². The predicted molar refractivity (Wildman–Crippen MR) is 310 cm³/mol. The Hall–Kier alpha value is -8.05. The summed E-state index contributed by atoms with van der Waals surface area (Å²) in [5, 5.41) is 55.7. The van der Waals surface area contributed by atoms with Crippen molar-refractivity contribution >= 4 is 94.9 Å². The lowest BCUT2D eigenvalue weighted by atomic mass is 9.90. The first-order valence-electron chi connectivity index (χ1n) is 28.1.